The van der Waals surface area contributed by atoms with Gasteiger partial charge in [0.2, 0.25) is 11.8 Å². The molecule has 2 aromatic rings. The van der Waals surface area contributed by atoms with Crippen molar-refractivity contribution in [3.05, 3.63) is 53.1 Å². The molecule has 1 aliphatic rings. The molecule has 0 aliphatic carbocycles. The third kappa shape index (κ3) is 3.62. The number of hydrogen-bond acceptors (Lipinski definition) is 4. The highest BCUT2D eigenvalue weighted by Gasteiger charge is 2.35. The van der Waals surface area contributed by atoms with Gasteiger partial charge in [-0.05, 0) is 36.4 Å². The number of carbonyl (C=O) groups excluding carboxylic acids is 2. The average molecular weight is 375 g/mol. The highest BCUT2D eigenvalue weighted by Crippen LogP contribution is 2.28. The third-order valence-electron chi connectivity index (χ3n) is 4.13. The van der Waals surface area contributed by atoms with Crippen molar-refractivity contribution < 1.29 is 24.6 Å². The number of aromatic hydroxyl groups is 1. The zero-order valence-corrected chi connectivity index (χ0v) is 14.2. The van der Waals surface area contributed by atoms with E-state index < -0.39 is 17.6 Å². The topological polar surface area (TPSA) is 107 Å². The molecule has 0 radical (unpaired) electrons. The standard InChI is InChI=1S/C18H15ClN2O5/c19-11-1-4-13(5-2-11)21-9-10(7-16(21)23)17(24)20-12-3-6-14(18(25)26)15(22)8-12/h1-6,8,10,22H,7,9H2,(H,20,24)(H,25,26). The van der Waals surface area contributed by atoms with Crippen LogP contribution in [0.1, 0.15) is 16.8 Å². The average Bonchev–Trinajstić information content (AvgIpc) is 2.97. The van der Waals surface area contributed by atoms with Crippen LogP contribution in [0.2, 0.25) is 5.02 Å². The van der Waals surface area contributed by atoms with Crippen molar-refractivity contribution in [2.24, 2.45) is 5.92 Å². The van der Waals surface area contributed by atoms with Gasteiger partial charge in [0.1, 0.15) is 11.3 Å². The summed E-state index contributed by atoms with van der Waals surface area (Å²) in [5, 5.41) is 21.7. The molecule has 1 fully saturated rings. The second kappa shape index (κ2) is 7.05. The monoisotopic (exact) mass is 374 g/mol. The summed E-state index contributed by atoms with van der Waals surface area (Å²) < 4.78 is 0. The van der Waals surface area contributed by atoms with Crippen LogP contribution in [0.25, 0.3) is 0 Å². The van der Waals surface area contributed by atoms with Gasteiger partial charge in [0.15, 0.2) is 0 Å². The Morgan fingerprint density at radius 2 is 1.85 bits per heavy atom. The number of aromatic carboxylic acids is 1. The third-order valence-corrected chi connectivity index (χ3v) is 4.38. The second-order valence-electron chi connectivity index (χ2n) is 5.91. The van der Waals surface area contributed by atoms with Crippen molar-refractivity contribution in [3.63, 3.8) is 0 Å². The molecular formula is C18H15ClN2O5. The summed E-state index contributed by atoms with van der Waals surface area (Å²) in [5.41, 5.74) is 0.668. The molecule has 1 unspecified atom stereocenters. The van der Waals surface area contributed by atoms with Gasteiger partial charge in [-0.3, -0.25) is 9.59 Å². The Bertz CT molecular complexity index is 882. The number of phenols is 1. The molecule has 0 aromatic heterocycles. The fourth-order valence-corrected chi connectivity index (χ4v) is 2.91. The van der Waals surface area contributed by atoms with Crippen molar-refractivity contribution in [1.82, 2.24) is 0 Å². The number of amides is 2. The van der Waals surface area contributed by atoms with Crippen LogP contribution in [-0.2, 0) is 9.59 Å². The number of nitrogens with one attached hydrogen (secondary N) is 1. The minimum Gasteiger partial charge on any atom is -0.507 e. The maximum Gasteiger partial charge on any atom is 0.339 e. The minimum atomic E-state index is -1.26. The summed E-state index contributed by atoms with van der Waals surface area (Å²) in [5.74, 6) is -2.81. The fourth-order valence-electron chi connectivity index (χ4n) is 2.79. The Morgan fingerprint density at radius 3 is 2.46 bits per heavy atom. The Hall–Kier alpha value is -3.06. The zero-order valence-electron chi connectivity index (χ0n) is 13.5. The first-order valence-electron chi connectivity index (χ1n) is 7.78. The molecule has 0 bridgehead atoms. The number of carboxylic acids is 1. The smallest absolute Gasteiger partial charge is 0.339 e. The number of carboxylic acid groups (broad SMARTS) is 1. The molecule has 1 saturated heterocycles. The lowest BCUT2D eigenvalue weighted by atomic mass is 10.1. The van der Waals surface area contributed by atoms with E-state index in [4.69, 9.17) is 16.7 Å². The normalized spacial score (nSPS) is 16.6. The van der Waals surface area contributed by atoms with Crippen molar-refractivity contribution >= 4 is 40.8 Å². The van der Waals surface area contributed by atoms with E-state index in [1.165, 1.54) is 17.0 Å². The predicted octanol–water partition coefficient (Wildman–Crippen LogP) is 2.74. The Morgan fingerprint density at radius 1 is 1.15 bits per heavy atom. The lowest BCUT2D eigenvalue weighted by Crippen LogP contribution is -2.28. The van der Waals surface area contributed by atoms with E-state index in [2.05, 4.69) is 5.32 Å². The minimum absolute atomic E-state index is 0.0631. The number of halogens is 1. The van der Waals surface area contributed by atoms with Crippen LogP contribution in [0.5, 0.6) is 5.75 Å². The van der Waals surface area contributed by atoms with Gasteiger partial charge in [-0.25, -0.2) is 4.79 Å². The van der Waals surface area contributed by atoms with Crippen molar-refractivity contribution in [3.8, 4) is 5.75 Å². The summed E-state index contributed by atoms with van der Waals surface area (Å²) in [6.07, 6.45) is 0.0631. The predicted molar refractivity (Wildman–Crippen MR) is 95.6 cm³/mol. The summed E-state index contributed by atoms with van der Waals surface area (Å²) in [4.78, 5) is 37.0. The molecule has 7 nitrogen and oxygen atoms in total. The van der Waals surface area contributed by atoms with Gasteiger partial charge in [0.25, 0.3) is 0 Å². The van der Waals surface area contributed by atoms with Crippen molar-refractivity contribution in [1.29, 1.82) is 0 Å². The van der Waals surface area contributed by atoms with Crippen LogP contribution < -0.4 is 10.2 Å². The first-order chi connectivity index (χ1) is 12.3. The quantitative estimate of drug-likeness (QED) is 0.762. The summed E-state index contributed by atoms with van der Waals surface area (Å²) in [6.45, 7) is 0.228. The van der Waals surface area contributed by atoms with Gasteiger partial charge >= 0.3 is 5.97 Å². The Kier molecular flexibility index (Phi) is 4.81. The first kappa shape index (κ1) is 17.8. The fraction of sp³-hybridized carbons (Fsp3) is 0.167. The highest BCUT2D eigenvalue weighted by molar-refractivity contribution is 6.30. The number of benzene rings is 2. The van der Waals surface area contributed by atoms with Gasteiger partial charge in [-0.2, -0.15) is 0 Å². The molecule has 1 atom stereocenters. The van der Waals surface area contributed by atoms with E-state index in [-0.39, 0.29) is 36.0 Å². The van der Waals surface area contributed by atoms with E-state index in [1.807, 2.05) is 0 Å². The van der Waals surface area contributed by atoms with Crippen LogP contribution in [0.15, 0.2) is 42.5 Å². The molecule has 0 saturated carbocycles. The van der Waals surface area contributed by atoms with E-state index >= 15 is 0 Å². The van der Waals surface area contributed by atoms with Crippen molar-refractivity contribution in [2.45, 2.75) is 6.42 Å². The molecule has 8 heteroatoms. The Balaban J connectivity index is 1.69. The maximum absolute atomic E-state index is 12.4. The molecule has 0 spiro atoms. The summed E-state index contributed by atoms with van der Waals surface area (Å²) in [6, 6.07) is 10.5. The van der Waals surface area contributed by atoms with Crippen LogP contribution >= 0.6 is 11.6 Å². The van der Waals surface area contributed by atoms with Gasteiger partial charge in [-0.15, -0.1) is 0 Å². The first-order valence-corrected chi connectivity index (χ1v) is 8.16. The molecule has 1 aliphatic heterocycles. The maximum atomic E-state index is 12.4. The second-order valence-corrected chi connectivity index (χ2v) is 6.34. The molecule has 2 aromatic carbocycles. The zero-order chi connectivity index (χ0) is 18.8. The van der Waals surface area contributed by atoms with Crippen LogP contribution in [0.3, 0.4) is 0 Å². The molecule has 26 heavy (non-hydrogen) atoms. The number of carbonyl (C=O) groups is 3. The largest absolute Gasteiger partial charge is 0.507 e. The molecule has 2 amide bonds. The van der Waals surface area contributed by atoms with E-state index in [9.17, 15) is 19.5 Å². The van der Waals surface area contributed by atoms with Crippen LogP contribution in [-0.4, -0.2) is 34.5 Å². The van der Waals surface area contributed by atoms with E-state index in [0.717, 1.165) is 6.07 Å². The number of anilines is 2. The van der Waals surface area contributed by atoms with Gasteiger partial charge in [0, 0.05) is 35.4 Å². The summed E-state index contributed by atoms with van der Waals surface area (Å²) >= 11 is 5.84. The van der Waals surface area contributed by atoms with Gasteiger partial charge < -0.3 is 20.4 Å². The lowest BCUT2D eigenvalue weighted by molar-refractivity contribution is -0.122. The van der Waals surface area contributed by atoms with Crippen LogP contribution in [0.4, 0.5) is 11.4 Å². The van der Waals surface area contributed by atoms with Crippen molar-refractivity contribution in [2.75, 3.05) is 16.8 Å². The molecular weight excluding hydrogens is 360 g/mol. The number of hydrogen-bond donors (Lipinski definition) is 3. The highest BCUT2D eigenvalue weighted by atomic mass is 35.5. The SMILES string of the molecule is O=C(O)c1ccc(NC(=O)C2CC(=O)N(c3ccc(Cl)cc3)C2)cc1O. The number of rotatable bonds is 4. The van der Waals surface area contributed by atoms with E-state index in [1.54, 1.807) is 24.3 Å². The van der Waals surface area contributed by atoms with Gasteiger partial charge in [0.05, 0.1) is 5.92 Å². The van der Waals surface area contributed by atoms with Crippen LogP contribution in [0, 0.1) is 5.92 Å². The molecule has 134 valence electrons. The van der Waals surface area contributed by atoms with E-state index in [0.29, 0.717) is 10.7 Å². The summed E-state index contributed by atoms with van der Waals surface area (Å²) in [7, 11) is 0. The lowest BCUT2D eigenvalue weighted by Gasteiger charge is -2.17. The Labute approximate surface area is 153 Å². The molecule has 1 heterocycles. The molecule has 3 N–H and O–H groups in total. The number of nitrogens with zero attached hydrogens (tertiary/aromatic N) is 1. The van der Waals surface area contributed by atoms with Gasteiger partial charge in [-0.1, -0.05) is 11.6 Å². The molecule has 3 rings (SSSR count).